The first-order valence-corrected chi connectivity index (χ1v) is 6.86. The molecule has 1 atom stereocenters. The van der Waals surface area contributed by atoms with Crippen molar-refractivity contribution in [3.63, 3.8) is 0 Å². The van der Waals surface area contributed by atoms with E-state index in [0.29, 0.717) is 5.92 Å². The molecular formula is C13H27NO3. The van der Waals surface area contributed by atoms with E-state index in [1.165, 1.54) is 0 Å². The van der Waals surface area contributed by atoms with E-state index >= 15 is 0 Å². The molecule has 1 saturated heterocycles. The lowest BCUT2D eigenvalue weighted by Crippen LogP contribution is -2.34. The number of hydrogen-bond donors (Lipinski definition) is 2. The molecule has 0 aromatic heterocycles. The minimum Gasteiger partial charge on any atom is -0.395 e. The lowest BCUT2D eigenvalue weighted by Gasteiger charge is -2.22. The van der Waals surface area contributed by atoms with Crippen LogP contribution in [0.5, 0.6) is 0 Å². The Kier molecular flexibility index (Phi) is 8.61. The SMILES string of the molecule is CCCNC(CO)CCOCC1CCOCC1. The van der Waals surface area contributed by atoms with Gasteiger partial charge in [0.1, 0.15) is 0 Å². The molecule has 0 spiro atoms. The standard InChI is InChI=1S/C13H27NO3/c1-2-6-14-13(10-15)5-9-17-11-12-3-7-16-8-4-12/h12-15H,2-11H2,1H3. The monoisotopic (exact) mass is 245 g/mol. The number of aliphatic hydroxyl groups is 1. The normalized spacial score (nSPS) is 19.4. The topological polar surface area (TPSA) is 50.7 Å². The smallest absolute Gasteiger partial charge is 0.0585 e. The Morgan fingerprint density at radius 1 is 1.41 bits per heavy atom. The fraction of sp³-hybridized carbons (Fsp3) is 1.00. The average Bonchev–Trinajstić information content (AvgIpc) is 2.39. The highest BCUT2D eigenvalue weighted by Crippen LogP contribution is 2.14. The van der Waals surface area contributed by atoms with Crippen molar-refractivity contribution in [1.29, 1.82) is 0 Å². The van der Waals surface area contributed by atoms with Crippen LogP contribution in [0.1, 0.15) is 32.6 Å². The van der Waals surface area contributed by atoms with E-state index in [1.807, 2.05) is 0 Å². The molecule has 17 heavy (non-hydrogen) atoms. The van der Waals surface area contributed by atoms with Crippen LogP contribution < -0.4 is 5.32 Å². The lowest BCUT2D eigenvalue weighted by atomic mass is 10.0. The molecule has 4 heteroatoms. The van der Waals surface area contributed by atoms with Crippen LogP contribution in [-0.4, -0.2) is 50.7 Å². The summed E-state index contributed by atoms with van der Waals surface area (Å²) in [5.41, 5.74) is 0. The fourth-order valence-electron chi connectivity index (χ4n) is 2.00. The molecule has 0 aromatic rings. The Balaban J connectivity index is 1.97. The maximum absolute atomic E-state index is 9.17. The van der Waals surface area contributed by atoms with Gasteiger partial charge < -0.3 is 19.9 Å². The van der Waals surface area contributed by atoms with Gasteiger partial charge in [-0.1, -0.05) is 6.92 Å². The predicted octanol–water partition coefficient (Wildman–Crippen LogP) is 1.18. The van der Waals surface area contributed by atoms with Crippen LogP contribution in [0, 0.1) is 5.92 Å². The molecule has 1 aliphatic rings. The second-order valence-electron chi connectivity index (χ2n) is 4.75. The highest BCUT2D eigenvalue weighted by molar-refractivity contribution is 4.66. The summed E-state index contributed by atoms with van der Waals surface area (Å²) < 4.78 is 11.0. The van der Waals surface area contributed by atoms with Crippen molar-refractivity contribution >= 4 is 0 Å². The van der Waals surface area contributed by atoms with Gasteiger partial charge in [0.25, 0.3) is 0 Å². The number of aliphatic hydroxyl groups excluding tert-OH is 1. The van der Waals surface area contributed by atoms with Crippen molar-refractivity contribution in [3.8, 4) is 0 Å². The molecule has 0 bridgehead atoms. The molecule has 0 aromatic carbocycles. The predicted molar refractivity (Wildman–Crippen MR) is 68.1 cm³/mol. The third kappa shape index (κ3) is 6.99. The number of nitrogens with one attached hydrogen (secondary N) is 1. The zero-order valence-corrected chi connectivity index (χ0v) is 11.0. The van der Waals surface area contributed by atoms with Crippen LogP contribution >= 0.6 is 0 Å². The largest absolute Gasteiger partial charge is 0.395 e. The number of ether oxygens (including phenoxy) is 2. The Morgan fingerprint density at radius 3 is 2.82 bits per heavy atom. The number of rotatable bonds is 9. The third-order valence-electron chi connectivity index (χ3n) is 3.21. The van der Waals surface area contributed by atoms with Gasteiger partial charge in [0.2, 0.25) is 0 Å². The first-order chi connectivity index (χ1) is 8.36. The van der Waals surface area contributed by atoms with Crippen LogP contribution in [0.2, 0.25) is 0 Å². The summed E-state index contributed by atoms with van der Waals surface area (Å²) in [5.74, 6) is 0.667. The zero-order chi connectivity index (χ0) is 12.3. The van der Waals surface area contributed by atoms with Crippen molar-refractivity contribution in [2.24, 2.45) is 5.92 Å². The van der Waals surface area contributed by atoms with Crippen LogP contribution in [0.25, 0.3) is 0 Å². The van der Waals surface area contributed by atoms with Gasteiger partial charge in [0.15, 0.2) is 0 Å². The fourth-order valence-corrected chi connectivity index (χ4v) is 2.00. The van der Waals surface area contributed by atoms with Gasteiger partial charge in [-0.3, -0.25) is 0 Å². The van der Waals surface area contributed by atoms with Crippen molar-refractivity contribution in [2.45, 2.75) is 38.6 Å². The van der Waals surface area contributed by atoms with Gasteiger partial charge in [0.05, 0.1) is 6.61 Å². The van der Waals surface area contributed by atoms with Gasteiger partial charge in [-0.2, -0.15) is 0 Å². The van der Waals surface area contributed by atoms with Crippen molar-refractivity contribution in [3.05, 3.63) is 0 Å². The second-order valence-corrected chi connectivity index (χ2v) is 4.75. The average molecular weight is 245 g/mol. The van der Waals surface area contributed by atoms with E-state index in [2.05, 4.69) is 12.2 Å². The Bertz CT molecular complexity index is 172. The van der Waals surface area contributed by atoms with Crippen molar-refractivity contribution < 1.29 is 14.6 Å². The van der Waals surface area contributed by atoms with E-state index in [0.717, 1.165) is 58.7 Å². The highest BCUT2D eigenvalue weighted by Gasteiger charge is 2.14. The van der Waals surface area contributed by atoms with Crippen LogP contribution in [0.4, 0.5) is 0 Å². The summed E-state index contributed by atoms with van der Waals surface area (Å²) in [6.45, 7) is 6.63. The molecule has 0 aliphatic carbocycles. The molecule has 1 rings (SSSR count). The van der Waals surface area contributed by atoms with E-state index in [4.69, 9.17) is 14.6 Å². The third-order valence-corrected chi connectivity index (χ3v) is 3.21. The first kappa shape index (κ1) is 14.9. The molecule has 0 radical (unpaired) electrons. The van der Waals surface area contributed by atoms with Crippen molar-refractivity contribution in [1.82, 2.24) is 5.32 Å². The van der Waals surface area contributed by atoms with E-state index < -0.39 is 0 Å². The molecule has 1 fully saturated rings. The van der Waals surface area contributed by atoms with Crippen LogP contribution in [0.3, 0.4) is 0 Å². The Hall–Kier alpha value is -0.160. The molecule has 1 heterocycles. The van der Waals surface area contributed by atoms with Crippen molar-refractivity contribution in [2.75, 3.05) is 39.6 Å². The first-order valence-electron chi connectivity index (χ1n) is 6.86. The second kappa shape index (κ2) is 9.83. The van der Waals surface area contributed by atoms with Gasteiger partial charge >= 0.3 is 0 Å². The molecule has 1 aliphatic heterocycles. The minimum atomic E-state index is 0.185. The summed E-state index contributed by atoms with van der Waals surface area (Å²) in [4.78, 5) is 0. The van der Waals surface area contributed by atoms with E-state index in [9.17, 15) is 0 Å². The van der Waals surface area contributed by atoms with Crippen LogP contribution in [-0.2, 0) is 9.47 Å². The van der Waals surface area contributed by atoms with E-state index in [1.54, 1.807) is 0 Å². The summed E-state index contributed by atoms with van der Waals surface area (Å²) in [6, 6.07) is 0.185. The molecule has 4 nitrogen and oxygen atoms in total. The quantitative estimate of drug-likeness (QED) is 0.599. The molecule has 0 amide bonds. The zero-order valence-electron chi connectivity index (χ0n) is 11.0. The summed E-state index contributed by atoms with van der Waals surface area (Å²) in [5, 5.41) is 12.5. The Morgan fingerprint density at radius 2 is 2.18 bits per heavy atom. The molecule has 102 valence electrons. The summed E-state index contributed by atoms with van der Waals surface area (Å²) in [7, 11) is 0. The minimum absolute atomic E-state index is 0.185. The Labute approximate surface area is 105 Å². The summed E-state index contributed by atoms with van der Waals surface area (Å²) >= 11 is 0. The van der Waals surface area contributed by atoms with Gasteiger partial charge in [-0.15, -0.1) is 0 Å². The van der Waals surface area contributed by atoms with Gasteiger partial charge in [0, 0.05) is 32.5 Å². The van der Waals surface area contributed by atoms with Gasteiger partial charge in [-0.05, 0) is 38.1 Å². The van der Waals surface area contributed by atoms with E-state index in [-0.39, 0.29) is 12.6 Å². The molecule has 1 unspecified atom stereocenters. The molecule has 2 N–H and O–H groups in total. The molecule has 0 saturated carbocycles. The maximum atomic E-state index is 9.17. The maximum Gasteiger partial charge on any atom is 0.0585 e. The summed E-state index contributed by atoms with van der Waals surface area (Å²) in [6.07, 6.45) is 4.23. The van der Waals surface area contributed by atoms with Crippen LogP contribution in [0.15, 0.2) is 0 Å². The lowest BCUT2D eigenvalue weighted by molar-refractivity contribution is 0.0175. The molecular weight excluding hydrogens is 218 g/mol. The van der Waals surface area contributed by atoms with Gasteiger partial charge in [-0.25, -0.2) is 0 Å². The number of hydrogen-bond acceptors (Lipinski definition) is 4. The highest BCUT2D eigenvalue weighted by atomic mass is 16.5.